The summed E-state index contributed by atoms with van der Waals surface area (Å²) in [7, 11) is 0. The van der Waals surface area contributed by atoms with Gasteiger partial charge in [0.05, 0.1) is 18.6 Å². The van der Waals surface area contributed by atoms with Gasteiger partial charge in [-0.2, -0.15) is 0 Å². The fraction of sp³-hybridized carbons (Fsp3) is 0.467. The van der Waals surface area contributed by atoms with Gasteiger partial charge in [0.15, 0.2) is 0 Å². The summed E-state index contributed by atoms with van der Waals surface area (Å²) in [4.78, 5) is 22.9. The van der Waals surface area contributed by atoms with E-state index >= 15 is 0 Å². The molecule has 0 heterocycles. The summed E-state index contributed by atoms with van der Waals surface area (Å²) < 4.78 is 5.36. The lowest BCUT2D eigenvalue weighted by atomic mass is 9.74. The van der Waals surface area contributed by atoms with E-state index in [1.807, 2.05) is 13.0 Å². The van der Waals surface area contributed by atoms with Gasteiger partial charge >= 0.3 is 12.0 Å². The first-order valence-corrected chi connectivity index (χ1v) is 7.07. The Morgan fingerprint density at radius 1 is 1.38 bits per heavy atom. The quantitative estimate of drug-likeness (QED) is 0.752. The van der Waals surface area contributed by atoms with Crippen LogP contribution in [-0.2, 0) is 4.79 Å². The Kier molecular flexibility index (Phi) is 4.67. The molecule has 3 N–H and O–H groups in total. The van der Waals surface area contributed by atoms with E-state index in [-0.39, 0.29) is 12.5 Å². The van der Waals surface area contributed by atoms with Gasteiger partial charge < -0.3 is 20.5 Å². The van der Waals surface area contributed by atoms with Crippen molar-refractivity contribution in [3.05, 3.63) is 24.3 Å². The zero-order valence-electron chi connectivity index (χ0n) is 12.0. The fourth-order valence-electron chi connectivity index (χ4n) is 2.47. The van der Waals surface area contributed by atoms with Crippen molar-refractivity contribution in [1.82, 2.24) is 5.32 Å². The van der Waals surface area contributed by atoms with E-state index in [4.69, 9.17) is 9.84 Å². The van der Waals surface area contributed by atoms with Crippen LogP contribution in [0.15, 0.2) is 24.3 Å². The van der Waals surface area contributed by atoms with Crippen LogP contribution in [-0.4, -0.2) is 29.3 Å². The topological polar surface area (TPSA) is 87.7 Å². The van der Waals surface area contributed by atoms with Crippen LogP contribution in [0.3, 0.4) is 0 Å². The molecular weight excluding hydrogens is 272 g/mol. The van der Waals surface area contributed by atoms with Gasteiger partial charge in [0, 0.05) is 11.8 Å². The molecule has 0 spiro atoms. The molecule has 1 saturated carbocycles. The average Bonchev–Trinajstić information content (AvgIpc) is 2.36. The number of nitrogens with one attached hydrogen (secondary N) is 2. The summed E-state index contributed by atoms with van der Waals surface area (Å²) >= 11 is 0. The number of benzene rings is 1. The second kappa shape index (κ2) is 6.47. The number of carboxylic acid groups (broad SMARTS) is 1. The predicted molar refractivity (Wildman–Crippen MR) is 78.6 cm³/mol. The van der Waals surface area contributed by atoms with Crippen molar-refractivity contribution in [2.75, 3.05) is 11.9 Å². The van der Waals surface area contributed by atoms with Gasteiger partial charge in [0.25, 0.3) is 0 Å². The highest BCUT2D eigenvalue weighted by Crippen LogP contribution is 2.35. The van der Waals surface area contributed by atoms with E-state index in [1.165, 1.54) is 0 Å². The van der Waals surface area contributed by atoms with E-state index in [0.29, 0.717) is 30.9 Å². The van der Waals surface area contributed by atoms with Gasteiger partial charge in [-0.3, -0.25) is 4.79 Å². The number of carbonyl (C=O) groups excluding carboxylic acids is 1. The largest absolute Gasteiger partial charge is 0.494 e. The third-order valence-corrected chi connectivity index (χ3v) is 3.58. The number of carbonyl (C=O) groups is 2. The van der Waals surface area contributed by atoms with Gasteiger partial charge in [0.1, 0.15) is 5.75 Å². The van der Waals surface area contributed by atoms with Crippen LogP contribution in [0.25, 0.3) is 0 Å². The normalized spacial score (nSPS) is 15.7. The number of anilines is 1. The number of carboxylic acids is 1. The third-order valence-electron chi connectivity index (χ3n) is 3.58. The Morgan fingerprint density at radius 2 is 2.14 bits per heavy atom. The van der Waals surface area contributed by atoms with Crippen LogP contribution >= 0.6 is 0 Å². The van der Waals surface area contributed by atoms with Crippen molar-refractivity contribution in [3.63, 3.8) is 0 Å². The molecule has 2 rings (SSSR count). The molecule has 0 aromatic heterocycles. The van der Waals surface area contributed by atoms with Crippen LogP contribution in [0, 0.1) is 0 Å². The third kappa shape index (κ3) is 4.11. The van der Waals surface area contributed by atoms with E-state index in [2.05, 4.69) is 10.6 Å². The van der Waals surface area contributed by atoms with Crippen molar-refractivity contribution in [3.8, 4) is 5.75 Å². The number of aliphatic carboxylic acids is 1. The molecule has 1 aromatic carbocycles. The molecule has 21 heavy (non-hydrogen) atoms. The first-order chi connectivity index (χ1) is 10.0. The molecule has 0 atom stereocenters. The Bertz CT molecular complexity index is 526. The second-order valence-electron chi connectivity index (χ2n) is 5.24. The van der Waals surface area contributed by atoms with E-state index in [1.54, 1.807) is 18.2 Å². The lowest BCUT2D eigenvalue weighted by Gasteiger charge is -2.41. The standard InChI is InChI=1S/C15H20N2O4/c1-2-21-12-6-3-5-11(9-12)16-14(20)17-15(7-4-8-15)10-13(18)19/h3,5-6,9H,2,4,7-8,10H2,1H3,(H,18,19)(H2,16,17,20). The molecule has 1 aromatic rings. The molecular formula is C15H20N2O4. The molecule has 0 unspecified atom stereocenters. The molecule has 1 aliphatic rings. The minimum absolute atomic E-state index is 0.0423. The van der Waals surface area contributed by atoms with Crippen LogP contribution in [0.2, 0.25) is 0 Å². The van der Waals surface area contributed by atoms with Crippen LogP contribution in [0.1, 0.15) is 32.6 Å². The van der Waals surface area contributed by atoms with E-state index in [9.17, 15) is 9.59 Å². The van der Waals surface area contributed by atoms with Crippen molar-refractivity contribution in [2.45, 2.75) is 38.1 Å². The number of amides is 2. The molecule has 0 aliphatic heterocycles. The van der Waals surface area contributed by atoms with Crippen molar-refractivity contribution >= 4 is 17.7 Å². The fourth-order valence-corrected chi connectivity index (χ4v) is 2.47. The van der Waals surface area contributed by atoms with E-state index in [0.717, 1.165) is 6.42 Å². The highest BCUT2D eigenvalue weighted by molar-refractivity contribution is 5.90. The van der Waals surface area contributed by atoms with E-state index < -0.39 is 11.5 Å². The van der Waals surface area contributed by atoms with Gasteiger partial charge in [-0.25, -0.2) is 4.79 Å². The molecule has 6 heteroatoms. The minimum Gasteiger partial charge on any atom is -0.494 e. The maximum absolute atomic E-state index is 12.0. The van der Waals surface area contributed by atoms with Gasteiger partial charge in [0.2, 0.25) is 0 Å². The number of hydrogen-bond donors (Lipinski definition) is 3. The maximum atomic E-state index is 12.0. The molecule has 0 saturated heterocycles. The number of rotatable bonds is 6. The lowest BCUT2D eigenvalue weighted by Crippen LogP contribution is -2.55. The smallest absolute Gasteiger partial charge is 0.319 e. The van der Waals surface area contributed by atoms with Crippen LogP contribution in [0.5, 0.6) is 5.75 Å². The number of ether oxygens (including phenoxy) is 1. The second-order valence-corrected chi connectivity index (χ2v) is 5.24. The molecule has 2 amide bonds. The van der Waals surface area contributed by atoms with Crippen molar-refractivity contribution in [1.29, 1.82) is 0 Å². The monoisotopic (exact) mass is 292 g/mol. The summed E-state index contributed by atoms with van der Waals surface area (Å²) in [6.07, 6.45) is 2.30. The summed E-state index contributed by atoms with van der Waals surface area (Å²) in [5.41, 5.74) is 0.0104. The van der Waals surface area contributed by atoms with Gasteiger partial charge in [-0.1, -0.05) is 6.07 Å². The molecule has 1 aliphatic carbocycles. The Hall–Kier alpha value is -2.24. The van der Waals surface area contributed by atoms with Gasteiger partial charge in [-0.05, 0) is 38.3 Å². The van der Waals surface area contributed by atoms with Crippen molar-refractivity contribution in [2.24, 2.45) is 0 Å². The highest BCUT2D eigenvalue weighted by Gasteiger charge is 2.40. The average molecular weight is 292 g/mol. The summed E-state index contributed by atoms with van der Waals surface area (Å²) in [5, 5.41) is 14.4. The number of urea groups is 1. The molecule has 6 nitrogen and oxygen atoms in total. The molecule has 1 fully saturated rings. The molecule has 0 radical (unpaired) electrons. The zero-order chi connectivity index (χ0) is 15.3. The summed E-state index contributed by atoms with van der Waals surface area (Å²) in [6.45, 7) is 2.44. The summed E-state index contributed by atoms with van der Waals surface area (Å²) in [5.74, 6) is -0.215. The molecule has 0 bridgehead atoms. The lowest BCUT2D eigenvalue weighted by molar-refractivity contribution is -0.139. The predicted octanol–water partition coefficient (Wildman–Crippen LogP) is 2.60. The SMILES string of the molecule is CCOc1cccc(NC(=O)NC2(CC(=O)O)CCC2)c1. The zero-order valence-corrected chi connectivity index (χ0v) is 12.0. The molecule has 114 valence electrons. The van der Waals surface area contributed by atoms with Crippen molar-refractivity contribution < 1.29 is 19.4 Å². The van der Waals surface area contributed by atoms with Crippen LogP contribution in [0.4, 0.5) is 10.5 Å². The number of hydrogen-bond acceptors (Lipinski definition) is 3. The first kappa shape index (κ1) is 15.2. The minimum atomic E-state index is -0.895. The Labute approximate surface area is 123 Å². The van der Waals surface area contributed by atoms with Crippen LogP contribution < -0.4 is 15.4 Å². The maximum Gasteiger partial charge on any atom is 0.319 e. The van der Waals surface area contributed by atoms with Gasteiger partial charge in [-0.15, -0.1) is 0 Å². The Balaban J connectivity index is 1.95. The first-order valence-electron chi connectivity index (χ1n) is 7.07. The highest BCUT2D eigenvalue weighted by atomic mass is 16.5. The Morgan fingerprint density at radius 3 is 2.71 bits per heavy atom. The summed E-state index contributed by atoms with van der Waals surface area (Å²) in [6, 6.07) is 6.70.